The van der Waals surface area contributed by atoms with Crippen LogP contribution < -0.4 is 0 Å². The third-order valence-electron chi connectivity index (χ3n) is 1.84. The van der Waals surface area contributed by atoms with Crippen LogP contribution in [0.1, 0.15) is 20.3 Å². The minimum atomic E-state index is 0.280. The van der Waals surface area contributed by atoms with Crippen LogP contribution in [0.4, 0.5) is 0 Å². The Morgan fingerprint density at radius 3 is 2.85 bits per heavy atom. The first-order chi connectivity index (χ1) is 6.20. The van der Waals surface area contributed by atoms with Gasteiger partial charge < -0.3 is 9.47 Å². The highest BCUT2D eigenvalue weighted by molar-refractivity contribution is 6.65. The molecule has 1 aliphatic carbocycles. The van der Waals surface area contributed by atoms with Crippen molar-refractivity contribution in [1.29, 1.82) is 0 Å². The van der Waals surface area contributed by atoms with E-state index in [2.05, 4.69) is 4.99 Å². The van der Waals surface area contributed by atoms with Gasteiger partial charge >= 0.3 is 0 Å². The molecule has 0 saturated carbocycles. The zero-order chi connectivity index (χ0) is 9.84. The molecule has 0 bridgehead atoms. The van der Waals surface area contributed by atoms with Crippen molar-refractivity contribution in [2.45, 2.75) is 20.3 Å². The molecule has 74 valence electrons. The molecule has 1 atom stereocenters. The van der Waals surface area contributed by atoms with Gasteiger partial charge in [-0.3, -0.25) is 0 Å². The third-order valence-corrected chi connectivity index (χ3v) is 2.19. The Morgan fingerprint density at radius 1 is 1.62 bits per heavy atom. The summed E-state index contributed by atoms with van der Waals surface area (Å²) in [5.41, 5.74) is 0.948. The van der Waals surface area contributed by atoms with Crippen LogP contribution in [-0.2, 0) is 9.47 Å². The van der Waals surface area contributed by atoms with E-state index < -0.39 is 0 Å². The number of hydrogen-bond donors (Lipinski definition) is 0. The van der Waals surface area contributed by atoms with E-state index in [0.29, 0.717) is 11.1 Å². The molecule has 0 heterocycles. The first-order valence-electron chi connectivity index (χ1n) is 4.29. The van der Waals surface area contributed by atoms with Gasteiger partial charge in [-0.15, -0.1) is 0 Å². The quantitative estimate of drug-likeness (QED) is 0.508. The van der Waals surface area contributed by atoms with Crippen molar-refractivity contribution in [3.63, 3.8) is 0 Å². The number of methoxy groups -OCH3 is 1. The number of allylic oxidation sites excluding steroid dienone is 2. The molecule has 0 spiro atoms. The Kier molecular flexibility index (Phi) is 3.75. The molecule has 13 heavy (non-hydrogen) atoms. The summed E-state index contributed by atoms with van der Waals surface area (Å²) < 4.78 is 10.0. The van der Waals surface area contributed by atoms with Gasteiger partial charge in [0.25, 0.3) is 0 Å². The monoisotopic (exact) mass is 203 g/mol. The molecule has 1 aliphatic rings. The van der Waals surface area contributed by atoms with Crippen molar-refractivity contribution in [3.05, 3.63) is 11.5 Å². The lowest BCUT2D eigenvalue weighted by Crippen LogP contribution is -1.91. The van der Waals surface area contributed by atoms with E-state index in [1.54, 1.807) is 7.11 Å². The molecular formula is C9H14ClNO2. The van der Waals surface area contributed by atoms with Crippen molar-refractivity contribution in [1.82, 2.24) is 0 Å². The Balaban J connectivity index is 2.47. The first kappa shape index (κ1) is 10.5. The van der Waals surface area contributed by atoms with Gasteiger partial charge in [0.05, 0.1) is 11.6 Å². The van der Waals surface area contributed by atoms with Crippen molar-refractivity contribution in [2.24, 2.45) is 10.9 Å². The second kappa shape index (κ2) is 4.63. The van der Waals surface area contributed by atoms with Crippen LogP contribution >= 0.6 is 11.6 Å². The van der Waals surface area contributed by atoms with Crippen molar-refractivity contribution in [3.8, 4) is 0 Å². The molecule has 0 saturated heterocycles. The number of ether oxygens (including phenoxy) is 2. The molecule has 0 aromatic heterocycles. The third kappa shape index (κ3) is 2.71. The summed E-state index contributed by atoms with van der Waals surface area (Å²) in [5, 5.41) is 0.623. The lowest BCUT2D eigenvalue weighted by Gasteiger charge is -1.96. The summed E-state index contributed by atoms with van der Waals surface area (Å²) in [4.78, 5) is 4.20. The number of aliphatic imine (C=N–C) groups is 1. The van der Waals surface area contributed by atoms with Gasteiger partial charge in [0.15, 0.2) is 6.79 Å². The van der Waals surface area contributed by atoms with Crippen LogP contribution in [0.2, 0.25) is 0 Å². The molecule has 0 unspecified atom stereocenters. The van der Waals surface area contributed by atoms with E-state index in [0.717, 1.165) is 17.9 Å². The van der Waals surface area contributed by atoms with Crippen molar-refractivity contribution < 1.29 is 9.47 Å². The number of hydrogen-bond acceptors (Lipinski definition) is 3. The molecule has 4 heteroatoms. The highest BCUT2D eigenvalue weighted by Crippen LogP contribution is 2.40. The number of rotatable bonds is 5. The van der Waals surface area contributed by atoms with Crippen LogP contribution in [0.3, 0.4) is 0 Å². The summed E-state index contributed by atoms with van der Waals surface area (Å²) in [5.74, 6) is 1.20. The predicted octanol–water partition coefficient (Wildman–Crippen LogP) is 2.52. The normalized spacial score (nSPS) is 22.2. The number of halogens is 1. The highest BCUT2D eigenvalue weighted by Gasteiger charge is 2.35. The summed E-state index contributed by atoms with van der Waals surface area (Å²) in [6.45, 7) is 4.28. The molecule has 1 rings (SSSR count). The largest absolute Gasteiger partial charge is 0.469 e. The molecule has 3 nitrogen and oxygen atoms in total. The Labute approximate surface area is 83.4 Å². The smallest absolute Gasteiger partial charge is 0.188 e. The van der Waals surface area contributed by atoms with Gasteiger partial charge in [0, 0.05) is 7.11 Å². The molecule has 0 aromatic rings. The van der Waals surface area contributed by atoms with Crippen LogP contribution in [-0.4, -0.2) is 19.1 Å². The Hall–Kier alpha value is -0.540. The van der Waals surface area contributed by atoms with E-state index in [9.17, 15) is 0 Å². The van der Waals surface area contributed by atoms with Crippen molar-refractivity contribution >= 4 is 16.8 Å². The lowest BCUT2D eigenvalue weighted by molar-refractivity contribution is 0.00796. The summed E-state index contributed by atoms with van der Waals surface area (Å²) in [7, 11) is 1.59. The number of nitrogens with zero attached hydrogens (tertiary/aromatic N) is 1. The van der Waals surface area contributed by atoms with E-state index in [1.165, 1.54) is 0 Å². The standard InChI is InChI=1S/C9H14ClNO2/c1-4-7(10)11-8-6(2)9(8)13-5-12-3/h6H,4-5H2,1-3H3/t6-/m0/s1. The van der Waals surface area contributed by atoms with Gasteiger partial charge in [-0.25, -0.2) is 4.99 Å². The van der Waals surface area contributed by atoms with E-state index in [4.69, 9.17) is 21.1 Å². The maximum Gasteiger partial charge on any atom is 0.188 e. The topological polar surface area (TPSA) is 30.8 Å². The van der Waals surface area contributed by atoms with Gasteiger partial charge in [-0.2, -0.15) is 0 Å². The predicted molar refractivity (Wildman–Crippen MR) is 52.7 cm³/mol. The zero-order valence-corrected chi connectivity index (χ0v) is 8.89. The minimum absolute atomic E-state index is 0.280. The van der Waals surface area contributed by atoms with E-state index in [-0.39, 0.29) is 6.79 Å². The molecular weight excluding hydrogens is 190 g/mol. The summed E-state index contributed by atoms with van der Waals surface area (Å²) in [6, 6.07) is 0. The fourth-order valence-electron chi connectivity index (χ4n) is 0.978. The van der Waals surface area contributed by atoms with Gasteiger partial charge in [-0.1, -0.05) is 18.5 Å². The van der Waals surface area contributed by atoms with E-state index >= 15 is 0 Å². The Bertz CT molecular complexity index is 248. The van der Waals surface area contributed by atoms with Crippen LogP contribution in [0, 0.1) is 5.92 Å². The molecule has 0 aromatic carbocycles. The fraction of sp³-hybridized carbons (Fsp3) is 0.667. The fourth-order valence-corrected chi connectivity index (χ4v) is 1.07. The summed E-state index contributed by atoms with van der Waals surface area (Å²) in [6.07, 6.45) is 0.759. The van der Waals surface area contributed by atoms with Gasteiger partial charge in [-0.05, 0) is 13.3 Å². The van der Waals surface area contributed by atoms with Crippen LogP contribution in [0.25, 0.3) is 0 Å². The molecule has 0 N–H and O–H groups in total. The maximum atomic E-state index is 5.79. The Morgan fingerprint density at radius 2 is 2.31 bits per heavy atom. The SMILES string of the molecule is CCC(Cl)=NC1=C(OCOC)[C@H]1C. The molecule has 0 aliphatic heterocycles. The van der Waals surface area contributed by atoms with Crippen LogP contribution in [0.15, 0.2) is 16.4 Å². The molecule has 0 amide bonds. The van der Waals surface area contributed by atoms with Gasteiger partial charge in [0.2, 0.25) is 0 Å². The molecule has 0 radical (unpaired) electrons. The van der Waals surface area contributed by atoms with E-state index in [1.807, 2.05) is 13.8 Å². The van der Waals surface area contributed by atoms with Crippen molar-refractivity contribution in [2.75, 3.05) is 13.9 Å². The first-order valence-corrected chi connectivity index (χ1v) is 4.67. The van der Waals surface area contributed by atoms with Crippen LogP contribution in [0.5, 0.6) is 0 Å². The highest BCUT2D eigenvalue weighted by atomic mass is 35.5. The zero-order valence-electron chi connectivity index (χ0n) is 8.13. The average molecular weight is 204 g/mol. The molecule has 0 fully saturated rings. The second-order valence-corrected chi connectivity index (χ2v) is 3.30. The minimum Gasteiger partial charge on any atom is -0.469 e. The average Bonchev–Trinajstić information content (AvgIpc) is 2.73. The summed E-state index contributed by atoms with van der Waals surface area (Å²) >= 11 is 5.79. The second-order valence-electron chi connectivity index (χ2n) is 2.86. The maximum absolute atomic E-state index is 5.79. The van der Waals surface area contributed by atoms with Gasteiger partial charge in [0.1, 0.15) is 10.9 Å². The lowest BCUT2D eigenvalue weighted by atomic mass is 10.4.